The number of hydrogen-bond donors (Lipinski definition) is 3. The molecule has 0 bridgehead atoms. The molecule has 0 aliphatic rings. The highest BCUT2D eigenvalue weighted by atomic mass is 16.2. The topological polar surface area (TPSA) is 62.6 Å². The van der Waals surface area contributed by atoms with E-state index >= 15 is 0 Å². The van der Waals surface area contributed by atoms with Crippen molar-refractivity contribution in [3.05, 3.63) is 35.9 Å². The molecule has 0 aromatic heterocycles. The Hall–Kier alpha value is -1.88. The summed E-state index contributed by atoms with van der Waals surface area (Å²) in [6.45, 7) is 6.48. The SMILES string of the molecule is CC(C)NC(=O)C[NH+](C)CC(=O)N[C@H](C)CCc1ccccc1. The Morgan fingerprint density at radius 3 is 2.13 bits per heavy atom. The molecule has 1 aromatic carbocycles. The zero-order chi connectivity index (χ0) is 17.2. The number of nitrogens with one attached hydrogen (secondary N) is 3. The second-order valence-electron chi connectivity index (χ2n) is 6.53. The van der Waals surface area contributed by atoms with Gasteiger partial charge in [0.25, 0.3) is 11.8 Å². The molecular weight excluding hydrogens is 290 g/mol. The number of rotatable bonds is 9. The Bertz CT molecular complexity index is 488. The summed E-state index contributed by atoms with van der Waals surface area (Å²) in [6, 6.07) is 10.5. The average molecular weight is 320 g/mol. The summed E-state index contributed by atoms with van der Waals surface area (Å²) >= 11 is 0. The molecule has 23 heavy (non-hydrogen) atoms. The van der Waals surface area contributed by atoms with Crippen LogP contribution in [0.25, 0.3) is 0 Å². The van der Waals surface area contributed by atoms with Crippen molar-refractivity contribution in [2.24, 2.45) is 0 Å². The van der Waals surface area contributed by atoms with Crippen LogP contribution in [0.2, 0.25) is 0 Å². The number of hydrogen-bond acceptors (Lipinski definition) is 2. The summed E-state index contributed by atoms with van der Waals surface area (Å²) < 4.78 is 0. The Balaban J connectivity index is 2.25. The molecule has 0 fully saturated rings. The molecule has 0 aliphatic carbocycles. The van der Waals surface area contributed by atoms with E-state index in [1.165, 1.54) is 5.56 Å². The van der Waals surface area contributed by atoms with Crippen molar-refractivity contribution in [2.75, 3.05) is 20.1 Å². The van der Waals surface area contributed by atoms with Gasteiger partial charge >= 0.3 is 0 Å². The van der Waals surface area contributed by atoms with Crippen LogP contribution >= 0.6 is 0 Å². The van der Waals surface area contributed by atoms with Crippen molar-refractivity contribution in [2.45, 2.75) is 45.7 Å². The van der Waals surface area contributed by atoms with E-state index in [9.17, 15) is 9.59 Å². The Labute approximate surface area is 139 Å². The zero-order valence-corrected chi connectivity index (χ0v) is 14.7. The molecule has 5 heteroatoms. The fraction of sp³-hybridized carbons (Fsp3) is 0.556. The monoisotopic (exact) mass is 320 g/mol. The molecule has 1 rings (SSSR count). The van der Waals surface area contributed by atoms with E-state index in [1.54, 1.807) is 0 Å². The van der Waals surface area contributed by atoms with E-state index < -0.39 is 0 Å². The van der Waals surface area contributed by atoms with Gasteiger partial charge in [-0.1, -0.05) is 30.3 Å². The largest absolute Gasteiger partial charge is 0.349 e. The summed E-state index contributed by atoms with van der Waals surface area (Å²) in [6.07, 6.45) is 1.85. The Morgan fingerprint density at radius 1 is 1.00 bits per heavy atom. The first kappa shape index (κ1) is 19.2. The van der Waals surface area contributed by atoms with Crippen LogP contribution in [-0.4, -0.2) is 44.0 Å². The third-order valence-electron chi connectivity index (χ3n) is 3.49. The van der Waals surface area contributed by atoms with Gasteiger partial charge in [0.1, 0.15) is 0 Å². The molecule has 0 spiro atoms. The number of aryl methyl sites for hydroxylation is 1. The van der Waals surface area contributed by atoms with Crippen molar-refractivity contribution in [1.82, 2.24) is 10.6 Å². The summed E-state index contributed by atoms with van der Waals surface area (Å²) in [5, 5.41) is 5.84. The number of quaternary nitrogens is 1. The van der Waals surface area contributed by atoms with Crippen LogP contribution < -0.4 is 15.5 Å². The number of amides is 2. The molecule has 128 valence electrons. The van der Waals surface area contributed by atoms with Gasteiger partial charge in [-0.15, -0.1) is 0 Å². The van der Waals surface area contributed by atoms with Crippen LogP contribution in [0.15, 0.2) is 30.3 Å². The number of benzene rings is 1. The molecule has 0 saturated heterocycles. The maximum absolute atomic E-state index is 12.0. The molecule has 0 aliphatic heterocycles. The van der Waals surface area contributed by atoms with Gasteiger partial charge in [0.2, 0.25) is 0 Å². The molecule has 1 aromatic rings. The van der Waals surface area contributed by atoms with Crippen LogP contribution in [-0.2, 0) is 16.0 Å². The fourth-order valence-electron chi connectivity index (χ4n) is 2.41. The minimum absolute atomic E-state index is 0.0135. The van der Waals surface area contributed by atoms with Crippen LogP contribution in [0.1, 0.15) is 32.8 Å². The predicted molar refractivity (Wildman–Crippen MR) is 92.3 cm³/mol. The van der Waals surface area contributed by atoms with Crippen molar-refractivity contribution >= 4 is 11.8 Å². The van der Waals surface area contributed by atoms with E-state index in [2.05, 4.69) is 22.8 Å². The summed E-state index contributed by atoms with van der Waals surface area (Å²) in [7, 11) is 1.86. The third-order valence-corrected chi connectivity index (χ3v) is 3.49. The van der Waals surface area contributed by atoms with Gasteiger partial charge in [-0.3, -0.25) is 9.59 Å². The van der Waals surface area contributed by atoms with Crippen molar-refractivity contribution in [3.63, 3.8) is 0 Å². The lowest BCUT2D eigenvalue weighted by Crippen LogP contribution is -3.11. The van der Waals surface area contributed by atoms with Crippen LogP contribution in [0.5, 0.6) is 0 Å². The first-order valence-corrected chi connectivity index (χ1v) is 8.30. The van der Waals surface area contributed by atoms with Gasteiger partial charge in [0.15, 0.2) is 13.1 Å². The Morgan fingerprint density at radius 2 is 1.57 bits per heavy atom. The lowest BCUT2D eigenvalue weighted by molar-refractivity contribution is -0.862. The van der Waals surface area contributed by atoms with Crippen LogP contribution in [0.4, 0.5) is 0 Å². The molecule has 2 atom stereocenters. The summed E-state index contributed by atoms with van der Waals surface area (Å²) in [5.41, 5.74) is 1.28. The smallest absolute Gasteiger partial charge is 0.275 e. The maximum atomic E-state index is 12.0. The van der Waals surface area contributed by atoms with Crippen molar-refractivity contribution in [3.8, 4) is 0 Å². The quantitative estimate of drug-likeness (QED) is 0.607. The standard InChI is InChI=1S/C18H29N3O2/c1-14(2)19-17(22)12-21(4)13-18(23)20-15(3)10-11-16-8-6-5-7-9-16/h5-9,14-15H,10-13H2,1-4H3,(H,19,22)(H,20,23)/p+1/t15-/m1/s1. The van der Waals surface area contributed by atoms with Gasteiger partial charge < -0.3 is 15.5 Å². The Kier molecular flexibility index (Phi) is 8.33. The predicted octanol–water partition coefficient (Wildman–Crippen LogP) is 0.163. The third kappa shape index (κ3) is 8.98. The molecule has 5 nitrogen and oxygen atoms in total. The highest BCUT2D eigenvalue weighted by Gasteiger charge is 2.16. The van der Waals surface area contributed by atoms with Crippen LogP contribution in [0.3, 0.4) is 0 Å². The minimum atomic E-state index is -0.0255. The first-order chi connectivity index (χ1) is 10.9. The normalized spacial score (nSPS) is 13.4. The van der Waals surface area contributed by atoms with Crippen LogP contribution in [0, 0.1) is 0 Å². The van der Waals surface area contributed by atoms with E-state index in [4.69, 9.17) is 0 Å². The second-order valence-corrected chi connectivity index (χ2v) is 6.53. The molecule has 3 N–H and O–H groups in total. The zero-order valence-electron chi connectivity index (χ0n) is 14.7. The fourth-order valence-corrected chi connectivity index (χ4v) is 2.41. The van der Waals surface area contributed by atoms with Crippen molar-refractivity contribution < 1.29 is 14.5 Å². The van der Waals surface area contributed by atoms with E-state index in [0.717, 1.165) is 17.7 Å². The molecular formula is C18H30N3O2+. The summed E-state index contributed by atoms with van der Waals surface area (Å²) in [4.78, 5) is 24.6. The molecule has 0 radical (unpaired) electrons. The molecule has 2 amide bonds. The molecule has 0 saturated carbocycles. The van der Waals surface area contributed by atoms with Crippen molar-refractivity contribution in [1.29, 1.82) is 0 Å². The van der Waals surface area contributed by atoms with Gasteiger partial charge in [-0.2, -0.15) is 0 Å². The summed E-state index contributed by atoms with van der Waals surface area (Å²) in [5.74, 6) is -0.0390. The van der Waals surface area contributed by atoms with Gasteiger partial charge in [-0.25, -0.2) is 0 Å². The average Bonchev–Trinajstić information content (AvgIpc) is 2.44. The molecule has 1 unspecified atom stereocenters. The highest BCUT2D eigenvalue weighted by molar-refractivity contribution is 5.79. The number of carbonyl (C=O) groups is 2. The lowest BCUT2D eigenvalue weighted by atomic mass is 10.1. The first-order valence-electron chi connectivity index (χ1n) is 8.30. The van der Waals surface area contributed by atoms with Gasteiger partial charge in [0, 0.05) is 12.1 Å². The van der Waals surface area contributed by atoms with Gasteiger partial charge in [-0.05, 0) is 39.2 Å². The van der Waals surface area contributed by atoms with E-state index in [1.807, 2.05) is 46.0 Å². The number of likely N-dealkylation sites (N-methyl/N-ethyl adjacent to an activating group) is 1. The maximum Gasteiger partial charge on any atom is 0.275 e. The minimum Gasteiger partial charge on any atom is -0.349 e. The van der Waals surface area contributed by atoms with E-state index in [0.29, 0.717) is 13.1 Å². The lowest BCUT2D eigenvalue weighted by Gasteiger charge is -2.17. The number of carbonyl (C=O) groups excluding carboxylic acids is 2. The highest BCUT2D eigenvalue weighted by Crippen LogP contribution is 2.04. The van der Waals surface area contributed by atoms with E-state index in [-0.39, 0.29) is 23.9 Å². The van der Waals surface area contributed by atoms with Gasteiger partial charge in [0.05, 0.1) is 7.05 Å². The second kappa shape index (κ2) is 10.0. The molecule has 0 heterocycles.